The smallest absolute Gasteiger partial charge is 0.336 e. The summed E-state index contributed by atoms with van der Waals surface area (Å²) >= 11 is 0. The molecule has 0 unspecified atom stereocenters. The van der Waals surface area contributed by atoms with Gasteiger partial charge in [0.2, 0.25) is 5.75 Å². The normalized spacial score (nSPS) is 11.1. The molecule has 0 saturated heterocycles. The van der Waals surface area contributed by atoms with Crippen molar-refractivity contribution in [3.63, 3.8) is 0 Å². The topological polar surface area (TPSA) is 106 Å². The molecule has 0 amide bonds. The van der Waals surface area contributed by atoms with E-state index in [0.29, 0.717) is 16.7 Å². The molecule has 0 spiro atoms. The van der Waals surface area contributed by atoms with Crippen molar-refractivity contribution in [2.75, 3.05) is 0 Å². The maximum absolute atomic E-state index is 11.1. The summed E-state index contributed by atoms with van der Waals surface area (Å²) in [7, 11) is 0. The highest BCUT2D eigenvalue weighted by atomic mass is 16.6. The van der Waals surface area contributed by atoms with Gasteiger partial charge >= 0.3 is 11.3 Å². The summed E-state index contributed by atoms with van der Waals surface area (Å²) in [5.74, 6) is -0.437. The van der Waals surface area contributed by atoms with Crippen LogP contribution in [0, 0.1) is 10.1 Å². The van der Waals surface area contributed by atoms with Gasteiger partial charge in [-0.2, -0.15) is 0 Å². The lowest BCUT2D eigenvalue weighted by Crippen LogP contribution is -1.93. The third-order valence-corrected chi connectivity index (χ3v) is 3.20. The lowest BCUT2D eigenvalue weighted by atomic mass is 10.2. The minimum atomic E-state index is -0.662. The van der Waals surface area contributed by atoms with Crippen LogP contribution in [-0.2, 0) is 0 Å². The maximum Gasteiger partial charge on any atom is 0.336 e. The van der Waals surface area contributed by atoms with Gasteiger partial charge in [0.1, 0.15) is 5.58 Å². The Labute approximate surface area is 129 Å². The number of para-hydroxylation sites is 1. The van der Waals surface area contributed by atoms with Crippen LogP contribution in [0.4, 0.5) is 11.4 Å². The number of phenols is 1. The molecule has 3 aromatic rings. The molecule has 2 aromatic carbocycles. The van der Waals surface area contributed by atoms with Gasteiger partial charge in [0.25, 0.3) is 0 Å². The highest BCUT2D eigenvalue weighted by molar-refractivity contribution is 5.88. The molecule has 0 bridgehead atoms. The van der Waals surface area contributed by atoms with Crippen molar-refractivity contribution in [2.45, 2.75) is 0 Å². The molecule has 0 aliphatic rings. The van der Waals surface area contributed by atoms with Gasteiger partial charge in [-0.1, -0.05) is 6.07 Å². The molecule has 0 aliphatic heterocycles. The van der Waals surface area contributed by atoms with Gasteiger partial charge in [0.15, 0.2) is 0 Å². The van der Waals surface area contributed by atoms with Gasteiger partial charge in [-0.25, -0.2) is 4.79 Å². The second-order valence-electron chi connectivity index (χ2n) is 4.71. The number of nitro benzene ring substituents is 1. The number of nitrogens with zero attached hydrogens (tertiary/aromatic N) is 2. The number of aliphatic imine (C=N–C) groups is 1. The predicted octanol–water partition coefficient (Wildman–Crippen LogP) is 3.16. The number of benzene rings is 2. The molecule has 0 saturated carbocycles. The Bertz CT molecular complexity index is 991. The Morgan fingerprint density at radius 2 is 2.00 bits per heavy atom. The molecular weight excluding hydrogens is 300 g/mol. The lowest BCUT2D eigenvalue weighted by molar-refractivity contribution is -0.385. The molecule has 0 aliphatic carbocycles. The van der Waals surface area contributed by atoms with Crippen molar-refractivity contribution in [3.05, 3.63) is 74.6 Å². The maximum atomic E-state index is 11.1. The summed E-state index contributed by atoms with van der Waals surface area (Å²) in [6.07, 6.45) is 1.34. The van der Waals surface area contributed by atoms with E-state index in [-0.39, 0.29) is 11.3 Å². The van der Waals surface area contributed by atoms with Crippen LogP contribution >= 0.6 is 0 Å². The average molecular weight is 310 g/mol. The molecule has 0 radical (unpaired) electrons. The number of fused-ring (bicyclic) bond motifs is 1. The number of phenolic OH excluding ortho intramolecular Hbond substituents is 1. The van der Waals surface area contributed by atoms with Crippen LogP contribution in [0.3, 0.4) is 0 Å². The number of hydrogen-bond acceptors (Lipinski definition) is 6. The highest BCUT2D eigenvalue weighted by Gasteiger charge is 2.14. The van der Waals surface area contributed by atoms with Crippen molar-refractivity contribution in [1.29, 1.82) is 0 Å². The molecular formula is C16H10N2O5. The van der Waals surface area contributed by atoms with E-state index in [2.05, 4.69) is 4.99 Å². The van der Waals surface area contributed by atoms with Crippen LogP contribution in [0.1, 0.15) is 5.56 Å². The molecule has 1 aromatic heterocycles. The van der Waals surface area contributed by atoms with E-state index in [9.17, 15) is 20.0 Å². The molecule has 0 fully saturated rings. The highest BCUT2D eigenvalue weighted by Crippen LogP contribution is 2.28. The van der Waals surface area contributed by atoms with Crippen LogP contribution in [-0.4, -0.2) is 16.2 Å². The van der Waals surface area contributed by atoms with E-state index in [4.69, 9.17) is 4.42 Å². The van der Waals surface area contributed by atoms with Crippen LogP contribution in [0.15, 0.2) is 62.7 Å². The Hall–Kier alpha value is -3.48. The van der Waals surface area contributed by atoms with Gasteiger partial charge < -0.3 is 9.52 Å². The van der Waals surface area contributed by atoms with Gasteiger partial charge in [-0.05, 0) is 30.3 Å². The Morgan fingerprint density at radius 1 is 1.17 bits per heavy atom. The molecule has 0 atom stereocenters. The molecule has 7 nitrogen and oxygen atoms in total. The Balaban J connectivity index is 1.97. The fraction of sp³-hybridized carbons (Fsp3) is 0. The number of hydrogen-bond donors (Lipinski definition) is 1. The predicted molar refractivity (Wildman–Crippen MR) is 84.5 cm³/mol. The van der Waals surface area contributed by atoms with Crippen molar-refractivity contribution in [2.24, 2.45) is 4.99 Å². The first-order valence-corrected chi connectivity index (χ1v) is 6.59. The summed E-state index contributed by atoms with van der Waals surface area (Å²) in [5, 5.41) is 21.3. The van der Waals surface area contributed by atoms with E-state index >= 15 is 0 Å². The van der Waals surface area contributed by atoms with Gasteiger partial charge in [-0.3, -0.25) is 15.1 Å². The quantitative estimate of drug-likeness (QED) is 0.346. The molecule has 1 heterocycles. The first-order chi connectivity index (χ1) is 11.0. The minimum Gasteiger partial charge on any atom is -0.502 e. The van der Waals surface area contributed by atoms with E-state index in [1.807, 2.05) is 0 Å². The van der Waals surface area contributed by atoms with Crippen molar-refractivity contribution < 1.29 is 14.4 Å². The third kappa shape index (κ3) is 2.93. The average Bonchev–Trinajstić information content (AvgIpc) is 2.53. The zero-order valence-corrected chi connectivity index (χ0v) is 11.7. The SMILES string of the molecule is O=c1ccc2cc(N=Cc3cccc([N+](=O)[O-])c3O)ccc2o1. The number of aromatic hydroxyl groups is 1. The second-order valence-corrected chi connectivity index (χ2v) is 4.71. The standard InChI is InChI=1S/C16H10N2O5/c19-15-7-4-10-8-12(5-6-14(10)23-15)17-9-11-2-1-3-13(16(11)20)18(21)22/h1-9,20H. The Kier molecular flexibility index (Phi) is 3.60. The van der Waals surface area contributed by atoms with Gasteiger partial charge in [-0.15, -0.1) is 0 Å². The minimum absolute atomic E-state index is 0.235. The summed E-state index contributed by atoms with van der Waals surface area (Å²) in [6, 6.07) is 12.1. The van der Waals surface area contributed by atoms with E-state index in [1.165, 1.54) is 30.5 Å². The zero-order valence-electron chi connectivity index (χ0n) is 11.7. The molecule has 3 rings (SSSR count). The Morgan fingerprint density at radius 3 is 2.78 bits per heavy atom. The first-order valence-electron chi connectivity index (χ1n) is 6.59. The van der Waals surface area contributed by atoms with Crippen molar-refractivity contribution in [1.82, 2.24) is 0 Å². The van der Waals surface area contributed by atoms with Crippen LogP contribution in [0.25, 0.3) is 11.0 Å². The van der Waals surface area contributed by atoms with E-state index in [1.54, 1.807) is 24.3 Å². The van der Waals surface area contributed by atoms with Crippen molar-refractivity contribution >= 4 is 28.6 Å². The number of nitro groups is 1. The number of rotatable bonds is 3. The van der Waals surface area contributed by atoms with Crippen LogP contribution in [0.5, 0.6) is 5.75 Å². The molecule has 1 N–H and O–H groups in total. The fourth-order valence-electron chi connectivity index (χ4n) is 2.08. The van der Waals surface area contributed by atoms with Gasteiger partial charge in [0, 0.05) is 29.3 Å². The monoisotopic (exact) mass is 310 g/mol. The second kappa shape index (κ2) is 5.72. The summed E-state index contributed by atoms with van der Waals surface area (Å²) in [6.45, 7) is 0. The molecule has 23 heavy (non-hydrogen) atoms. The summed E-state index contributed by atoms with van der Waals surface area (Å²) in [4.78, 5) is 25.4. The summed E-state index contributed by atoms with van der Waals surface area (Å²) < 4.78 is 5.02. The van der Waals surface area contributed by atoms with E-state index < -0.39 is 16.3 Å². The van der Waals surface area contributed by atoms with Crippen LogP contribution < -0.4 is 5.63 Å². The largest absolute Gasteiger partial charge is 0.502 e. The first kappa shape index (κ1) is 14.5. The van der Waals surface area contributed by atoms with E-state index in [0.717, 1.165) is 0 Å². The fourth-order valence-corrected chi connectivity index (χ4v) is 2.08. The lowest BCUT2D eigenvalue weighted by Gasteiger charge is -2.00. The molecule has 114 valence electrons. The third-order valence-electron chi connectivity index (χ3n) is 3.20. The van der Waals surface area contributed by atoms with Crippen LogP contribution in [0.2, 0.25) is 0 Å². The summed E-state index contributed by atoms with van der Waals surface area (Å²) in [5.41, 5.74) is 0.412. The molecule has 7 heteroatoms. The van der Waals surface area contributed by atoms with Crippen molar-refractivity contribution in [3.8, 4) is 5.75 Å². The zero-order chi connectivity index (χ0) is 16.4. The van der Waals surface area contributed by atoms with Gasteiger partial charge in [0.05, 0.1) is 10.6 Å².